The van der Waals surface area contributed by atoms with Gasteiger partial charge in [-0.2, -0.15) is 0 Å². The van der Waals surface area contributed by atoms with Crippen molar-refractivity contribution in [1.82, 2.24) is 21.3 Å². The molecule has 1 fully saturated rings. The molecule has 9 heteroatoms. The van der Waals surface area contributed by atoms with Crippen LogP contribution in [0.15, 0.2) is 78.9 Å². The van der Waals surface area contributed by atoms with Gasteiger partial charge in [0.1, 0.15) is 5.54 Å². The summed E-state index contributed by atoms with van der Waals surface area (Å²) in [5.41, 5.74) is 2.39. The highest BCUT2D eigenvalue weighted by Gasteiger charge is 2.43. The molecule has 2 unspecified atom stereocenters. The van der Waals surface area contributed by atoms with Crippen LogP contribution >= 0.6 is 0 Å². The first-order valence-electron chi connectivity index (χ1n) is 11.5. The van der Waals surface area contributed by atoms with E-state index in [4.69, 9.17) is 0 Å². The fraction of sp³-hybridized carbons (Fsp3) is 0.185. The summed E-state index contributed by atoms with van der Waals surface area (Å²) < 4.78 is 0. The zero-order valence-electron chi connectivity index (χ0n) is 19.9. The number of carbonyl (C=O) groups is 4. The van der Waals surface area contributed by atoms with Gasteiger partial charge >= 0.3 is 12.1 Å². The standard InChI is InChI=1S/C27H27N5O4/c1-17(20-9-6-10-22(15-20)30-23(33)19-7-4-3-5-8-19)29-25(35)28-16-18-11-13-21(14-12-18)27(2)24(34)31-26(36)32-27/h3-15,17H,16H2,1-2H3,(H,30,33)(H2,28,29,35)(H2,31,32,34,36). The van der Waals surface area contributed by atoms with Gasteiger partial charge in [-0.15, -0.1) is 0 Å². The van der Waals surface area contributed by atoms with Crippen molar-refractivity contribution in [3.63, 3.8) is 0 Å². The number of hydrogen-bond acceptors (Lipinski definition) is 4. The maximum absolute atomic E-state index is 12.5. The zero-order chi connectivity index (χ0) is 25.7. The first kappa shape index (κ1) is 24.5. The highest BCUT2D eigenvalue weighted by atomic mass is 16.2. The molecule has 0 radical (unpaired) electrons. The average molecular weight is 486 g/mol. The molecule has 4 rings (SSSR count). The van der Waals surface area contributed by atoms with Crippen LogP contribution in [-0.4, -0.2) is 23.9 Å². The number of imide groups is 1. The van der Waals surface area contributed by atoms with Crippen LogP contribution in [0.2, 0.25) is 0 Å². The average Bonchev–Trinajstić information content (AvgIpc) is 3.15. The van der Waals surface area contributed by atoms with Crippen LogP contribution in [0.4, 0.5) is 15.3 Å². The van der Waals surface area contributed by atoms with E-state index in [0.29, 0.717) is 16.8 Å². The fourth-order valence-electron chi connectivity index (χ4n) is 3.89. The summed E-state index contributed by atoms with van der Waals surface area (Å²) in [7, 11) is 0. The van der Waals surface area contributed by atoms with E-state index in [-0.39, 0.29) is 24.5 Å². The SMILES string of the molecule is CC(NC(=O)NCc1ccc(C2(C)NC(=O)NC2=O)cc1)c1cccc(NC(=O)c2ccccc2)c1. The Morgan fingerprint density at radius 1 is 0.944 bits per heavy atom. The van der Waals surface area contributed by atoms with Crippen molar-refractivity contribution in [1.29, 1.82) is 0 Å². The molecule has 2 atom stereocenters. The predicted molar refractivity (Wildman–Crippen MR) is 135 cm³/mol. The third-order valence-corrected chi connectivity index (χ3v) is 6.06. The Labute approximate surface area is 208 Å². The van der Waals surface area contributed by atoms with Crippen LogP contribution in [0.5, 0.6) is 0 Å². The first-order valence-corrected chi connectivity index (χ1v) is 11.5. The molecule has 1 aliphatic rings. The topological polar surface area (TPSA) is 128 Å². The third-order valence-electron chi connectivity index (χ3n) is 6.06. The summed E-state index contributed by atoms with van der Waals surface area (Å²) >= 11 is 0. The number of rotatable bonds is 7. The van der Waals surface area contributed by atoms with Crippen LogP contribution in [0.25, 0.3) is 0 Å². The Morgan fingerprint density at radius 2 is 1.67 bits per heavy atom. The Balaban J connectivity index is 1.30. The van der Waals surface area contributed by atoms with Gasteiger partial charge in [0.25, 0.3) is 11.8 Å². The van der Waals surface area contributed by atoms with Gasteiger partial charge in [0.15, 0.2) is 0 Å². The fourth-order valence-corrected chi connectivity index (χ4v) is 3.89. The molecule has 3 aromatic carbocycles. The van der Waals surface area contributed by atoms with E-state index in [0.717, 1.165) is 11.1 Å². The number of benzene rings is 3. The summed E-state index contributed by atoms with van der Waals surface area (Å²) in [5, 5.41) is 13.4. The number of urea groups is 2. The lowest BCUT2D eigenvalue weighted by Gasteiger charge is -2.21. The van der Waals surface area contributed by atoms with Crippen molar-refractivity contribution >= 4 is 29.6 Å². The maximum atomic E-state index is 12.5. The summed E-state index contributed by atoms with van der Waals surface area (Å²) in [6.45, 7) is 3.77. The van der Waals surface area contributed by atoms with E-state index in [1.165, 1.54) is 0 Å². The van der Waals surface area contributed by atoms with E-state index in [1.807, 2.05) is 31.2 Å². The van der Waals surface area contributed by atoms with E-state index in [1.54, 1.807) is 61.5 Å². The van der Waals surface area contributed by atoms with Gasteiger partial charge in [-0.3, -0.25) is 14.9 Å². The first-order chi connectivity index (χ1) is 17.2. The molecule has 6 amide bonds. The van der Waals surface area contributed by atoms with E-state index in [2.05, 4.69) is 26.6 Å². The van der Waals surface area contributed by atoms with Gasteiger partial charge in [0.2, 0.25) is 0 Å². The van der Waals surface area contributed by atoms with Gasteiger partial charge < -0.3 is 21.3 Å². The van der Waals surface area contributed by atoms with Crippen molar-refractivity contribution in [2.75, 3.05) is 5.32 Å². The largest absolute Gasteiger partial charge is 0.334 e. The highest BCUT2D eigenvalue weighted by Crippen LogP contribution is 2.24. The molecule has 0 aliphatic carbocycles. The van der Waals surface area contributed by atoms with Crippen LogP contribution in [0.1, 0.15) is 46.9 Å². The molecule has 184 valence electrons. The second-order valence-electron chi connectivity index (χ2n) is 8.72. The number of hydrogen-bond donors (Lipinski definition) is 5. The summed E-state index contributed by atoms with van der Waals surface area (Å²) in [5.74, 6) is -0.613. The second kappa shape index (κ2) is 10.3. The summed E-state index contributed by atoms with van der Waals surface area (Å²) in [6.07, 6.45) is 0. The van der Waals surface area contributed by atoms with Gasteiger partial charge in [-0.25, -0.2) is 9.59 Å². The van der Waals surface area contributed by atoms with Gasteiger partial charge in [0.05, 0.1) is 6.04 Å². The lowest BCUT2D eigenvalue weighted by molar-refractivity contribution is -0.123. The smallest absolute Gasteiger partial charge is 0.322 e. The van der Waals surface area contributed by atoms with E-state index < -0.39 is 17.5 Å². The Bertz CT molecular complexity index is 1290. The minimum absolute atomic E-state index is 0.206. The van der Waals surface area contributed by atoms with Crippen LogP contribution in [-0.2, 0) is 16.9 Å². The quantitative estimate of drug-likeness (QED) is 0.328. The molecule has 3 aromatic rings. The lowest BCUT2D eigenvalue weighted by atomic mass is 9.91. The minimum atomic E-state index is -1.12. The number of nitrogens with one attached hydrogen (secondary N) is 5. The van der Waals surface area contributed by atoms with Crippen LogP contribution < -0.4 is 26.6 Å². The third kappa shape index (κ3) is 5.52. The normalized spacial score (nSPS) is 17.5. The van der Waals surface area contributed by atoms with Crippen molar-refractivity contribution in [3.05, 3.63) is 101 Å². The van der Waals surface area contributed by atoms with Gasteiger partial charge in [-0.05, 0) is 54.8 Å². The zero-order valence-corrected chi connectivity index (χ0v) is 19.9. The molecule has 1 aliphatic heterocycles. The van der Waals surface area contributed by atoms with Crippen molar-refractivity contribution in [3.8, 4) is 0 Å². The van der Waals surface area contributed by atoms with Crippen molar-refractivity contribution < 1.29 is 19.2 Å². The maximum Gasteiger partial charge on any atom is 0.322 e. The lowest BCUT2D eigenvalue weighted by Crippen LogP contribution is -2.40. The number of carbonyl (C=O) groups excluding carboxylic acids is 4. The molecule has 9 nitrogen and oxygen atoms in total. The molecule has 0 bridgehead atoms. The van der Waals surface area contributed by atoms with Gasteiger partial charge in [0, 0.05) is 17.8 Å². The molecule has 0 saturated carbocycles. The summed E-state index contributed by atoms with van der Waals surface area (Å²) in [4.78, 5) is 48.4. The van der Waals surface area contributed by atoms with Crippen molar-refractivity contribution in [2.45, 2.75) is 32.0 Å². The highest BCUT2D eigenvalue weighted by molar-refractivity contribution is 6.07. The molecule has 5 N–H and O–H groups in total. The van der Waals surface area contributed by atoms with Crippen LogP contribution in [0.3, 0.4) is 0 Å². The Hall–Kier alpha value is -4.66. The molecular formula is C27H27N5O4. The molecule has 1 heterocycles. The number of amides is 6. The van der Waals surface area contributed by atoms with Crippen molar-refractivity contribution in [2.24, 2.45) is 0 Å². The van der Waals surface area contributed by atoms with E-state index in [9.17, 15) is 19.2 Å². The predicted octanol–water partition coefficient (Wildman–Crippen LogP) is 3.55. The molecule has 0 aromatic heterocycles. The van der Waals surface area contributed by atoms with Gasteiger partial charge in [-0.1, -0.05) is 54.6 Å². The summed E-state index contributed by atoms with van der Waals surface area (Å²) in [6, 6.07) is 22.2. The Kier molecular flexibility index (Phi) is 7.00. The number of anilines is 1. The monoisotopic (exact) mass is 485 g/mol. The molecular weight excluding hydrogens is 458 g/mol. The molecule has 0 spiro atoms. The minimum Gasteiger partial charge on any atom is -0.334 e. The molecule has 36 heavy (non-hydrogen) atoms. The van der Waals surface area contributed by atoms with E-state index >= 15 is 0 Å². The molecule has 1 saturated heterocycles. The second-order valence-corrected chi connectivity index (χ2v) is 8.72. The Morgan fingerprint density at radius 3 is 2.33 bits per heavy atom. The van der Waals surface area contributed by atoms with Crippen LogP contribution in [0, 0.1) is 0 Å².